The van der Waals surface area contributed by atoms with Gasteiger partial charge in [-0.2, -0.15) is 0 Å². The molecule has 0 saturated heterocycles. The Balaban J connectivity index is 2.91. The van der Waals surface area contributed by atoms with Crippen molar-refractivity contribution >= 4 is 21.6 Å². The molecule has 0 aliphatic rings. The Morgan fingerprint density at radius 2 is 1.91 bits per heavy atom. The fourth-order valence-electron chi connectivity index (χ4n) is 0.713. The third kappa shape index (κ3) is 2.01. The Hall–Kier alpha value is -0.900. The van der Waals surface area contributed by atoms with E-state index in [1.165, 1.54) is 0 Å². The molecule has 58 valence electrons. The first kappa shape index (κ1) is 8.20. The van der Waals surface area contributed by atoms with Crippen molar-refractivity contribution in [2.75, 3.05) is 0 Å². The molecule has 0 aromatic heterocycles. The molecule has 0 saturated carbocycles. The summed E-state index contributed by atoms with van der Waals surface area (Å²) in [5.41, 5.74) is 1.31. The van der Waals surface area contributed by atoms with E-state index in [1.807, 2.05) is 0 Å². The van der Waals surface area contributed by atoms with Crippen LogP contribution in [0, 0.1) is 4.91 Å². The number of alkyl halides is 1. The van der Waals surface area contributed by atoms with E-state index in [1.54, 1.807) is 24.3 Å². The van der Waals surface area contributed by atoms with E-state index in [0.29, 0.717) is 0 Å². The van der Waals surface area contributed by atoms with Crippen molar-refractivity contribution in [2.45, 2.75) is 5.33 Å². The summed E-state index contributed by atoms with van der Waals surface area (Å²) in [5.74, 6) is 0. The number of nitrogens with zero attached hydrogens (tertiary/aromatic N) is 1. The highest BCUT2D eigenvalue weighted by Crippen LogP contribution is 2.12. The Morgan fingerprint density at radius 1 is 1.36 bits per heavy atom. The van der Waals surface area contributed by atoms with Crippen molar-refractivity contribution in [3.8, 4) is 0 Å². The van der Waals surface area contributed by atoms with Crippen molar-refractivity contribution in [1.29, 1.82) is 0 Å². The first-order valence-electron chi connectivity index (χ1n) is 3.05. The van der Waals surface area contributed by atoms with Crippen molar-refractivity contribution in [1.82, 2.24) is 0 Å². The van der Waals surface area contributed by atoms with Crippen LogP contribution in [0.5, 0.6) is 0 Å². The standard InChI is InChI=1S/C7H7BrNO2/c8-5-6-1-3-7(4-2-6)9(10)11/h1-4H,5H2,(H,10,11)/q+1. The predicted molar refractivity (Wildman–Crippen MR) is 44.1 cm³/mol. The second kappa shape index (κ2) is 3.48. The van der Waals surface area contributed by atoms with E-state index >= 15 is 0 Å². The largest absolute Gasteiger partial charge is 0.316 e. The Labute approximate surface area is 72.3 Å². The quantitative estimate of drug-likeness (QED) is 0.610. The van der Waals surface area contributed by atoms with Gasteiger partial charge in [0.2, 0.25) is 0 Å². The van der Waals surface area contributed by atoms with E-state index in [9.17, 15) is 4.91 Å². The van der Waals surface area contributed by atoms with Gasteiger partial charge in [-0.05, 0) is 5.56 Å². The summed E-state index contributed by atoms with van der Waals surface area (Å²) in [6.07, 6.45) is 0. The van der Waals surface area contributed by atoms with Crippen LogP contribution in [0.25, 0.3) is 0 Å². The van der Waals surface area contributed by atoms with Crippen molar-refractivity contribution in [3.05, 3.63) is 34.7 Å². The molecule has 3 nitrogen and oxygen atoms in total. The second-order valence-corrected chi connectivity index (χ2v) is 2.63. The maximum atomic E-state index is 10.3. The van der Waals surface area contributed by atoms with E-state index in [-0.39, 0.29) is 10.6 Å². The van der Waals surface area contributed by atoms with Gasteiger partial charge in [0.15, 0.2) is 0 Å². The molecule has 0 spiro atoms. The van der Waals surface area contributed by atoms with Crippen LogP contribution in [0.1, 0.15) is 5.56 Å². The minimum Gasteiger partial charge on any atom is -0.241 e. The van der Waals surface area contributed by atoms with Crippen LogP contribution in [-0.2, 0) is 5.33 Å². The molecule has 1 rings (SSSR count). The maximum Gasteiger partial charge on any atom is 0.316 e. The lowest BCUT2D eigenvalue weighted by Gasteiger charge is -1.90. The summed E-state index contributed by atoms with van der Waals surface area (Å²) < 4.78 is 0. The molecule has 1 aromatic carbocycles. The highest BCUT2D eigenvalue weighted by atomic mass is 79.9. The Kier molecular flexibility index (Phi) is 2.59. The van der Waals surface area contributed by atoms with Crippen LogP contribution in [-0.4, -0.2) is 10.1 Å². The molecule has 0 unspecified atom stereocenters. The number of halogens is 1. The summed E-state index contributed by atoms with van der Waals surface area (Å²) in [5, 5.41) is 9.20. The van der Waals surface area contributed by atoms with Gasteiger partial charge in [0, 0.05) is 17.5 Å². The summed E-state index contributed by atoms with van der Waals surface area (Å²) in [4.78, 5) is 10.2. The lowest BCUT2D eigenvalue weighted by atomic mass is 10.2. The molecule has 0 radical (unpaired) electrons. The average Bonchev–Trinajstić information content (AvgIpc) is 2.05. The van der Waals surface area contributed by atoms with Gasteiger partial charge < -0.3 is 0 Å². The lowest BCUT2D eigenvalue weighted by Crippen LogP contribution is -1.90. The van der Waals surface area contributed by atoms with Crippen LogP contribution in [0.4, 0.5) is 5.69 Å². The minimum absolute atomic E-state index is 0.155. The lowest BCUT2D eigenvalue weighted by molar-refractivity contribution is -0.729. The predicted octanol–water partition coefficient (Wildman–Crippen LogP) is 2.38. The van der Waals surface area contributed by atoms with E-state index in [4.69, 9.17) is 5.21 Å². The fourth-order valence-corrected chi connectivity index (χ4v) is 1.09. The zero-order valence-electron chi connectivity index (χ0n) is 5.70. The molecule has 1 aromatic rings. The number of hydrogen-bond acceptors (Lipinski definition) is 1. The third-order valence-corrected chi connectivity index (χ3v) is 1.96. The van der Waals surface area contributed by atoms with Gasteiger partial charge in [-0.1, -0.05) is 28.1 Å². The number of hydrogen-bond donors (Lipinski definition) is 1. The molecular weight excluding hydrogens is 210 g/mol. The van der Waals surface area contributed by atoms with Gasteiger partial charge in [-0.15, -0.1) is 0 Å². The summed E-state index contributed by atoms with van der Waals surface area (Å²) >= 11 is 3.26. The highest BCUT2D eigenvalue weighted by Gasteiger charge is 2.08. The van der Waals surface area contributed by atoms with Crippen LogP contribution >= 0.6 is 15.9 Å². The van der Waals surface area contributed by atoms with E-state index < -0.39 is 0 Å². The molecule has 1 N–H and O–H groups in total. The zero-order valence-corrected chi connectivity index (χ0v) is 7.28. The highest BCUT2D eigenvalue weighted by molar-refractivity contribution is 9.08. The van der Waals surface area contributed by atoms with Gasteiger partial charge in [0.25, 0.3) is 4.92 Å². The van der Waals surface area contributed by atoms with Gasteiger partial charge in [-0.3, -0.25) is 0 Å². The SMILES string of the molecule is O=[N+](O)c1ccc(CBr)cc1. The molecule has 4 heteroatoms. The van der Waals surface area contributed by atoms with Gasteiger partial charge in [-0.25, -0.2) is 5.21 Å². The smallest absolute Gasteiger partial charge is 0.241 e. The molecule has 0 bridgehead atoms. The molecular formula is C7H7BrNO2+. The number of rotatable bonds is 2. The van der Waals surface area contributed by atoms with Crippen LogP contribution in [0.15, 0.2) is 24.3 Å². The normalized spacial score (nSPS) is 9.55. The van der Waals surface area contributed by atoms with E-state index in [0.717, 1.165) is 10.9 Å². The summed E-state index contributed by atoms with van der Waals surface area (Å²) in [6.45, 7) is 0. The van der Waals surface area contributed by atoms with Gasteiger partial charge >= 0.3 is 5.69 Å². The molecule has 11 heavy (non-hydrogen) atoms. The first-order chi connectivity index (χ1) is 5.24. The van der Waals surface area contributed by atoms with Crippen LogP contribution in [0.3, 0.4) is 0 Å². The van der Waals surface area contributed by atoms with Crippen molar-refractivity contribution in [2.24, 2.45) is 0 Å². The molecule has 0 fully saturated rings. The molecule has 0 atom stereocenters. The average molecular weight is 217 g/mol. The monoisotopic (exact) mass is 216 g/mol. The summed E-state index contributed by atoms with van der Waals surface area (Å²) in [6, 6.07) is 6.66. The Morgan fingerprint density at radius 3 is 2.27 bits per heavy atom. The summed E-state index contributed by atoms with van der Waals surface area (Å²) in [7, 11) is 0. The van der Waals surface area contributed by atoms with Crippen LogP contribution < -0.4 is 0 Å². The zero-order chi connectivity index (χ0) is 8.27. The topological polar surface area (TPSA) is 40.3 Å². The fraction of sp³-hybridized carbons (Fsp3) is 0.143. The van der Waals surface area contributed by atoms with Gasteiger partial charge in [0.1, 0.15) is 0 Å². The first-order valence-corrected chi connectivity index (χ1v) is 4.17. The number of benzene rings is 1. The van der Waals surface area contributed by atoms with Crippen LogP contribution in [0.2, 0.25) is 0 Å². The Bertz CT molecular complexity index is 258. The molecule has 0 heterocycles. The molecule has 0 aliphatic carbocycles. The van der Waals surface area contributed by atoms with Crippen molar-refractivity contribution < 1.29 is 10.1 Å². The third-order valence-electron chi connectivity index (χ3n) is 1.31. The van der Waals surface area contributed by atoms with Gasteiger partial charge in [0.05, 0.1) is 4.91 Å². The maximum absolute atomic E-state index is 10.3. The van der Waals surface area contributed by atoms with Crippen molar-refractivity contribution in [3.63, 3.8) is 0 Å². The molecule has 0 aliphatic heterocycles. The molecule has 0 amide bonds. The van der Waals surface area contributed by atoms with E-state index in [2.05, 4.69) is 15.9 Å². The second-order valence-electron chi connectivity index (χ2n) is 2.07. The minimum atomic E-state index is -0.155.